The standard InChI is InChI=1S/C17H23N3O/c1-11(2)17-19-10-16(14(20-17)9-18-5)21-15-8-6-7-12(3)13(15)4/h6-8,10-11,18H,9H2,1-5H3. The normalized spacial score (nSPS) is 11.0. The van der Waals surface area contributed by atoms with Crippen LogP contribution in [0.3, 0.4) is 0 Å². The number of nitrogens with zero attached hydrogens (tertiary/aromatic N) is 2. The van der Waals surface area contributed by atoms with Gasteiger partial charge in [-0.1, -0.05) is 26.0 Å². The molecule has 0 amide bonds. The SMILES string of the molecule is CNCc1nc(C(C)C)ncc1Oc1cccc(C)c1C. The summed E-state index contributed by atoms with van der Waals surface area (Å²) in [6.07, 6.45) is 1.77. The molecule has 0 fully saturated rings. The van der Waals surface area contributed by atoms with Gasteiger partial charge in [-0.3, -0.25) is 0 Å². The van der Waals surface area contributed by atoms with Crippen LogP contribution in [0.4, 0.5) is 0 Å². The highest BCUT2D eigenvalue weighted by Gasteiger charge is 2.12. The summed E-state index contributed by atoms with van der Waals surface area (Å²) in [4.78, 5) is 9.02. The van der Waals surface area contributed by atoms with Crippen molar-refractivity contribution < 1.29 is 4.74 Å². The van der Waals surface area contributed by atoms with Crippen LogP contribution in [0.5, 0.6) is 11.5 Å². The third-order valence-corrected chi connectivity index (χ3v) is 3.48. The van der Waals surface area contributed by atoms with Crippen molar-refractivity contribution >= 4 is 0 Å². The van der Waals surface area contributed by atoms with Crippen LogP contribution in [0.1, 0.15) is 42.4 Å². The summed E-state index contributed by atoms with van der Waals surface area (Å²) in [6, 6.07) is 6.05. The zero-order valence-corrected chi connectivity index (χ0v) is 13.4. The largest absolute Gasteiger partial charge is 0.453 e. The Hall–Kier alpha value is -1.94. The minimum Gasteiger partial charge on any atom is -0.453 e. The van der Waals surface area contributed by atoms with Crippen LogP contribution in [-0.4, -0.2) is 17.0 Å². The zero-order chi connectivity index (χ0) is 15.4. The number of aryl methyl sites for hydroxylation is 1. The van der Waals surface area contributed by atoms with Gasteiger partial charge in [-0.15, -0.1) is 0 Å². The van der Waals surface area contributed by atoms with Crippen molar-refractivity contribution in [3.05, 3.63) is 47.0 Å². The van der Waals surface area contributed by atoms with E-state index in [0.29, 0.717) is 18.2 Å². The van der Waals surface area contributed by atoms with Gasteiger partial charge in [-0.05, 0) is 38.1 Å². The molecule has 0 aliphatic rings. The molecule has 1 N–H and O–H groups in total. The van der Waals surface area contributed by atoms with E-state index >= 15 is 0 Å². The lowest BCUT2D eigenvalue weighted by Gasteiger charge is -2.14. The molecule has 0 aliphatic carbocycles. The molecule has 1 aromatic heterocycles. The van der Waals surface area contributed by atoms with E-state index in [0.717, 1.165) is 22.8 Å². The second-order valence-electron chi connectivity index (χ2n) is 5.52. The molecule has 4 heteroatoms. The summed E-state index contributed by atoms with van der Waals surface area (Å²) in [7, 11) is 1.90. The Balaban J connectivity index is 2.36. The van der Waals surface area contributed by atoms with Crippen molar-refractivity contribution in [2.75, 3.05) is 7.05 Å². The second-order valence-corrected chi connectivity index (χ2v) is 5.52. The average Bonchev–Trinajstić information content (AvgIpc) is 2.45. The highest BCUT2D eigenvalue weighted by atomic mass is 16.5. The molecule has 1 heterocycles. The molecule has 0 unspecified atom stereocenters. The van der Waals surface area contributed by atoms with Gasteiger partial charge in [0.25, 0.3) is 0 Å². The Morgan fingerprint density at radius 2 is 1.95 bits per heavy atom. The first-order valence-corrected chi connectivity index (χ1v) is 7.27. The van der Waals surface area contributed by atoms with Crippen LogP contribution in [0.2, 0.25) is 0 Å². The molecule has 0 aliphatic heterocycles. The molecule has 0 spiro atoms. The molecule has 0 atom stereocenters. The number of benzene rings is 1. The number of rotatable bonds is 5. The predicted molar refractivity (Wildman–Crippen MR) is 84.9 cm³/mol. The molecule has 0 bridgehead atoms. The van der Waals surface area contributed by atoms with E-state index in [1.54, 1.807) is 6.20 Å². The molecule has 1 aromatic carbocycles. The summed E-state index contributed by atoms with van der Waals surface area (Å²) in [5, 5.41) is 3.13. The van der Waals surface area contributed by atoms with Gasteiger partial charge in [0.2, 0.25) is 0 Å². The maximum absolute atomic E-state index is 6.04. The number of ether oxygens (including phenoxy) is 1. The predicted octanol–water partition coefficient (Wildman–Crippen LogP) is 3.73. The fourth-order valence-corrected chi connectivity index (χ4v) is 2.03. The number of nitrogens with one attached hydrogen (secondary N) is 1. The van der Waals surface area contributed by atoms with Gasteiger partial charge in [0.15, 0.2) is 5.75 Å². The molecule has 0 radical (unpaired) electrons. The molecule has 0 saturated carbocycles. The van der Waals surface area contributed by atoms with E-state index in [9.17, 15) is 0 Å². The van der Waals surface area contributed by atoms with E-state index in [-0.39, 0.29) is 0 Å². The molecule has 112 valence electrons. The molecule has 2 rings (SSSR count). The maximum atomic E-state index is 6.04. The zero-order valence-electron chi connectivity index (χ0n) is 13.4. The van der Waals surface area contributed by atoms with E-state index < -0.39 is 0 Å². The molecule has 0 saturated heterocycles. The lowest BCUT2D eigenvalue weighted by atomic mass is 10.1. The molecule has 21 heavy (non-hydrogen) atoms. The van der Waals surface area contributed by atoms with E-state index in [1.807, 2.05) is 19.2 Å². The molecular formula is C17H23N3O. The minimum absolute atomic E-state index is 0.301. The first kappa shape index (κ1) is 15.4. The smallest absolute Gasteiger partial charge is 0.168 e. The lowest BCUT2D eigenvalue weighted by molar-refractivity contribution is 0.460. The molecule has 2 aromatic rings. The van der Waals surface area contributed by atoms with Crippen molar-refractivity contribution in [1.29, 1.82) is 0 Å². The fourth-order valence-electron chi connectivity index (χ4n) is 2.03. The van der Waals surface area contributed by atoms with Gasteiger partial charge < -0.3 is 10.1 Å². The van der Waals surface area contributed by atoms with Crippen LogP contribution in [0.15, 0.2) is 24.4 Å². The van der Waals surface area contributed by atoms with Crippen molar-refractivity contribution in [3.8, 4) is 11.5 Å². The Bertz CT molecular complexity index is 623. The number of hydrogen-bond donors (Lipinski definition) is 1. The first-order chi connectivity index (χ1) is 10.0. The molecule has 4 nitrogen and oxygen atoms in total. The van der Waals surface area contributed by atoms with Crippen LogP contribution in [0.25, 0.3) is 0 Å². The summed E-state index contributed by atoms with van der Waals surface area (Å²) < 4.78 is 6.04. The van der Waals surface area contributed by atoms with Crippen molar-refractivity contribution in [3.63, 3.8) is 0 Å². The number of hydrogen-bond acceptors (Lipinski definition) is 4. The van der Waals surface area contributed by atoms with Gasteiger partial charge in [0, 0.05) is 12.5 Å². The molecular weight excluding hydrogens is 262 g/mol. The highest BCUT2D eigenvalue weighted by molar-refractivity contribution is 5.42. The summed E-state index contributed by atoms with van der Waals surface area (Å²) in [5.41, 5.74) is 3.24. The Morgan fingerprint density at radius 3 is 2.62 bits per heavy atom. The second kappa shape index (κ2) is 6.68. The van der Waals surface area contributed by atoms with Crippen LogP contribution < -0.4 is 10.1 Å². The Labute approximate surface area is 126 Å². The quantitative estimate of drug-likeness (QED) is 0.909. The van der Waals surface area contributed by atoms with Crippen LogP contribution in [0, 0.1) is 13.8 Å². The van der Waals surface area contributed by atoms with Gasteiger partial charge in [0.1, 0.15) is 17.3 Å². The summed E-state index contributed by atoms with van der Waals surface area (Å²) >= 11 is 0. The highest BCUT2D eigenvalue weighted by Crippen LogP contribution is 2.28. The van der Waals surface area contributed by atoms with Gasteiger partial charge in [-0.25, -0.2) is 9.97 Å². The number of aromatic nitrogens is 2. The topological polar surface area (TPSA) is 47.0 Å². The van der Waals surface area contributed by atoms with Crippen LogP contribution >= 0.6 is 0 Å². The third kappa shape index (κ3) is 3.58. The summed E-state index contributed by atoms with van der Waals surface area (Å²) in [6.45, 7) is 8.97. The van der Waals surface area contributed by atoms with Crippen molar-refractivity contribution in [2.24, 2.45) is 0 Å². The minimum atomic E-state index is 0.301. The monoisotopic (exact) mass is 285 g/mol. The summed E-state index contributed by atoms with van der Waals surface area (Å²) in [5.74, 6) is 2.71. The van der Waals surface area contributed by atoms with Gasteiger partial charge >= 0.3 is 0 Å². The van der Waals surface area contributed by atoms with Gasteiger partial charge in [-0.2, -0.15) is 0 Å². The van der Waals surface area contributed by atoms with E-state index in [1.165, 1.54) is 5.56 Å². The third-order valence-electron chi connectivity index (χ3n) is 3.48. The van der Waals surface area contributed by atoms with Crippen molar-refractivity contribution in [1.82, 2.24) is 15.3 Å². The van der Waals surface area contributed by atoms with Gasteiger partial charge in [0.05, 0.1) is 6.20 Å². The van der Waals surface area contributed by atoms with E-state index in [4.69, 9.17) is 4.74 Å². The van der Waals surface area contributed by atoms with E-state index in [2.05, 4.69) is 49.0 Å². The average molecular weight is 285 g/mol. The Morgan fingerprint density at radius 1 is 1.19 bits per heavy atom. The maximum Gasteiger partial charge on any atom is 0.168 e. The Kier molecular flexibility index (Phi) is 4.91. The fraction of sp³-hybridized carbons (Fsp3) is 0.412. The lowest BCUT2D eigenvalue weighted by Crippen LogP contribution is -2.11. The first-order valence-electron chi connectivity index (χ1n) is 7.27. The van der Waals surface area contributed by atoms with Crippen molar-refractivity contribution in [2.45, 2.75) is 40.2 Å². The van der Waals surface area contributed by atoms with Crippen LogP contribution in [-0.2, 0) is 6.54 Å².